The Bertz CT molecular complexity index is 1260. The molecule has 0 radical (unpaired) electrons. The first-order valence-electron chi connectivity index (χ1n) is 9.30. The van der Waals surface area contributed by atoms with Gasteiger partial charge in [0.15, 0.2) is 0 Å². The van der Waals surface area contributed by atoms with Gasteiger partial charge in [-0.1, -0.05) is 37.3 Å². The van der Waals surface area contributed by atoms with Crippen LogP contribution >= 0.6 is 11.3 Å². The van der Waals surface area contributed by atoms with Gasteiger partial charge >= 0.3 is 0 Å². The lowest BCUT2D eigenvalue weighted by Crippen LogP contribution is -2.33. The van der Waals surface area contributed by atoms with E-state index in [1.165, 1.54) is 4.68 Å². The van der Waals surface area contributed by atoms with E-state index in [0.717, 1.165) is 38.2 Å². The summed E-state index contributed by atoms with van der Waals surface area (Å²) in [4.78, 5) is 26.0. The summed E-state index contributed by atoms with van der Waals surface area (Å²) in [6, 6.07) is 14.8. The van der Waals surface area contributed by atoms with E-state index in [4.69, 9.17) is 0 Å². The van der Waals surface area contributed by atoms with Gasteiger partial charge in [0.05, 0.1) is 15.8 Å². The number of nitrogens with one attached hydrogen (secondary N) is 1. The van der Waals surface area contributed by atoms with E-state index in [9.17, 15) is 9.59 Å². The largest absolute Gasteiger partial charge is 0.324 e. The molecule has 1 N–H and O–H groups in total. The summed E-state index contributed by atoms with van der Waals surface area (Å²) in [6.07, 6.45) is 0.890. The molecule has 2 heterocycles. The van der Waals surface area contributed by atoms with Gasteiger partial charge < -0.3 is 5.32 Å². The third kappa shape index (κ3) is 3.10. The lowest BCUT2D eigenvalue weighted by molar-refractivity contribution is -0.119. The number of fused-ring (bicyclic) bond motifs is 3. The number of aromatic nitrogens is 2. The Morgan fingerprint density at radius 2 is 2.00 bits per heavy atom. The van der Waals surface area contributed by atoms with Crippen LogP contribution in [-0.4, -0.2) is 15.7 Å². The van der Waals surface area contributed by atoms with Crippen molar-refractivity contribution in [2.24, 2.45) is 0 Å². The van der Waals surface area contributed by atoms with Crippen LogP contribution in [0, 0.1) is 6.92 Å². The molecule has 4 aromatic rings. The predicted molar refractivity (Wildman–Crippen MR) is 115 cm³/mol. The van der Waals surface area contributed by atoms with E-state index >= 15 is 0 Å². The second kappa shape index (κ2) is 7.20. The molecule has 0 bridgehead atoms. The van der Waals surface area contributed by atoms with E-state index in [1.807, 2.05) is 55.5 Å². The fourth-order valence-electron chi connectivity index (χ4n) is 3.37. The van der Waals surface area contributed by atoms with Gasteiger partial charge in [-0.25, -0.2) is 4.68 Å². The Balaban J connectivity index is 1.75. The average Bonchev–Trinajstić information content (AvgIpc) is 3.11. The third-order valence-electron chi connectivity index (χ3n) is 4.95. The zero-order chi connectivity index (χ0) is 19.8. The van der Waals surface area contributed by atoms with Crippen molar-refractivity contribution in [3.63, 3.8) is 0 Å². The molecule has 1 atom stereocenters. The van der Waals surface area contributed by atoms with Crippen LogP contribution in [0.1, 0.15) is 31.1 Å². The fourth-order valence-corrected chi connectivity index (χ4v) is 4.50. The van der Waals surface area contributed by atoms with Crippen molar-refractivity contribution in [2.75, 3.05) is 5.32 Å². The molecule has 5 nitrogen and oxygen atoms in total. The molecule has 142 valence electrons. The fraction of sp³-hybridized carbons (Fsp3) is 0.227. The summed E-state index contributed by atoms with van der Waals surface area (Å²) in [5.74, 6) is -0.263. The van der Waals surface area contributed by atoms with Crippen LogP contribution in [0.2, 0.25) is 0 Å². The van der Waals surface area contributed by atoms with Gasteiger partial charge in [-0.2, -0.15) is 5.10 Å². The zero-order valence-electron chi connectivity index (χ0n) is 16.0. The summed E-state index contributed by atoms with van der Waals surface area (Å²) in [7, 11) is 0. The minimum atomic E-state index is -0.723. The van der Waals surface area contributed by atoms with Crippen LogP contribution in [0.25, 0.3) is 20.2 Å². The van der Waals surface area contributed by atoms with Crippen molar-refractivity contribution in [2.45, 2.75) is 33.2 Å². The molecule has 6 heteroatoms. The molecule has 0 saturated carbocycles. The minimum absolute atomic E-state index is 0.233. The molecular formula is C22H21N3O2S. The van der Waals surface area contributed by atoms with Crippen LogP contribution in [0.3, 0.4) is 0 Å². The molecule has 1 amide bonds. The predicted octanol–water partition coefficient (Wildman–Crippen LogP) is 4.68. The van der Waals surface area contributed by atoms with Crippen molar-refractivity contribution < 1.29 is 4.79 Å². The maximum atomic E-state index is 13.2. The van der Waals surface area contributed by atoms with Crippen LogP contribution in [0.5, 0.6) is 0 Å². The first-order chi connectivity index (χ1) is 13.5. The SMILES string of the molecule is CCc1cccc(NC(=O)[C@@H](C)n2nc(C)c3sc4ccccc4c3c2=O)c1. The number of aryl methyl sites for hydroxylation is 2. The van der Waals surface area contributed by atoms with Gasteiger partial charge in [0.2, 0.25) is 5.91 Å². The lowest BCUT2D eigenvalue weighted by atomic mass is 10.1. The maximum absolute atomic E-state index is 13.2. The van der Waals surface area contributed by atoms with Gasteiger partial charge in [0, 0.05) is 15.8 Å². The van der Waals surface area contributed by atoms with E-state index in [-0.39, 0.29) is 11.5 Å². The summed E-state index contributed by atoms with van der Waals surface area (Å²) >= 11 is 1.56. The Hall–Kier alpha value is -2.99. The summed E-state index contributed by atoms with van der Waals surface area (Å²) in [5.41, 5.74) is 2.39. The second-order valence-electron chi connectivity index (χ2n) is 6.86. The number of thiophene rings is 1. The monoisotopic (exact) mass is 391 g/mol. The van der Waals surface area contributed by atoms with Gasteiger partial charge in [0.25, 0.3) is 5.56 Å². The highest BCUT2D eigenvalue weighted by Gasteiger charge is 2.22. The summed E-state index contributed by atoms with van der Waals surface area (Å²) in [5, 5.41) is 8.90. The minimum Gasteiger partial charge on any atom is -0.324 e. The number of hydrogen-bond acceptors (Lipinski definition) is 4. The topological polar surface area (TPSA) is 64.0 Å². The van der Waals surface area contributed by atoms with Crippen molar-refractivity contribution in [1.82, 2.24) is 9.78 Å². The van der Waals surface area contributed by atoms with Gasteiger partial charge in [-0.15, -0.1) is 11.3 Å². The molecule has 0 fully saturated rings. The van der Waals surface area contributed by atoms with E-state index in [2.05, 4.69) is 17.3 Å². The number of anilines is 1. The molecule has 4 rings (SSSR count). The highest BCUT2D eigenvalue weighted by atomic mass is 32.1. The van der Waals surface area contributed by atoms with Gasteiger partial charge in [-0.3, -0.25) is 9.59 Å². The van der Waals surface area contributed by atoms with Crippen molar-refractivity contribution in [3.05, 3.63) is 70.1 Å². The zero-order valence-corrected chi connectivity index (χ0v) is 16.8. The smallest absolute Gasteiger partial charge is 0.276 e. The van der Waals surface area contributed by atoms with Crippen molar-refractivity contribution in [3.8, 4) is 0 Å². The number of amides is 1. The molecule has 28 heavy (non-hydrogen) atoms. The maximum Gasteiger partial charge on any atom is 0.276 e. The molecule has 2 aromatic carbocycles. The normalized spacial score (nSPS) is 12.4. The van der Waals surface area contributed by atoms with E-state index in [1.54, 1.807) is 18.3 Å². The van der Waals surface area contributed by atoms with Gasteiger partial charge in [-0.05, 0) is 44.0 Å². The van der Waals surface area contributed by atoms with Crippen molar-refractivity contribution >= 4 is 43.1 Å². The average molecular weight is 391 g/mol. The molecule has 0 saturated heterocycles. The Labute approximate surface area is 166 Å². The third-order valence-corrected chi connectivity index (χ3v) is 6.23. The number of carbonyl (C=O) groups excluding carboxylic acids is 1. The second-order valence-corrected chi connectivity index (χ2v) is 7.91. The first kappa shape index (κ1) is 18.4. The van der Waals surface area contributed by atoms with Crippen LogP contribution < -0.4 is 10.9 Å². The van der Waals surface area contributed by atoms with Crippen molar-refractivity contribution in [1.29, 1.82) is 0 Å². The number of hydrogen-bond donors (Lipinski definition) is 1. The standard InChI is InChI=1S/C22H21N3O2S/c1-4-15-8-7-9-16(12-15)23-21(26)14(3)25-22(27)19-17-10-5-6-11-18(17)28-20(19)13(2)24-25/h5-12,14H,4H2,1-3H3,(H,23,26)/t14-/m1/s1. The highest BCUT2D eigenvalue weighted by molar-refractivity contribution is 7.26. The van der Waals surface area contributed by atoms with Gasteiger partial charge in [0.1, 0.15) is 6.04 Å². The summed E-state index contributed by atoms with van der Waals surface area (Å²) < 4.78 is 3.23. The summed E-state index contributed by atoms with van der Waals surface area (Å²) in [6.45, 7) is 5.65. The first-order valence-corrected chi connectivity index (χ1v) is 10.1. The Morgan fingerprint density at radius 3 is 2.79 bits per heavy atom. The Morgan fingerprint density at radius 1 is 1.21 bits per heavy atom. The van der Waals surface area contributed by atoms with E-state index in [0.29, 0.717) is 5.39 Å². The quantitative estimate of drug-likeness (QED) is 0.549. The molecule has 2 aromatic heterocycles. The highest BCUT2D eigenvalue weighted by Crippen LogP contribution is 2.32. The number of carbonyl (C=O) groups is 1. The van der Waals surface area contributed by atoms with Crippen LogP contribution in [-0.2, 0) is 11.2 Å². The van der Waals surface area contributed by atoms with Crippen LogP contribution in [0.4, 0.5) is 5.69 Å². The number of nitrogens with zero attached hydrogens (tertiary/aromatic N) is 2. The number of benzene rings is 2. The molecule has 0 aliphatic heterocycles. The Kier molecular flexibility index (Phi) is 4.73. The molecule has 0 spiro atoms. The molecule has 0 unspecified atom stereocenters. The van der Waals surface area contributed by atoms with Crippen LogP contribution in [0.15, 0.2) is 53.3 Å². The molecule has 0 aliphatic carbocycles. The van der Waals surface area contributed by atoms with E-state index < -0.39 is 6.04 Å². The molecular weight excluding hydrogens is 370 g/mol. The lowest BCUT2D eigenvalue weighted by Gasteiger charge is -2.15. The number of rotatable bonds is 4. The molecule has 0 aliphatic rings.